The third kappa shape index (κ3) is 2.82. The Kier molecular flexibility index (Phi) is 3.57. The van der Waals surface area contributed by atoms with Crippen LogP contribution < -0.4 is 10.6 Å². The average molecular weight is 248 g/mol. The molecule has 3 N–H and O–H groups in total. The zero-order valence-electron chi connectivity index (χ0n) is 10.9. The van der Waals surface area contributed by atoms with E-state index in [0.717, 1.165) is 24.9 Å². The highest BCUT2D eigenvalue weighted by molar-refractivity contribution is 5.96. The number of amides is 1. The molecular formula is C14H20N2O2. The Hall–Kier alpha value is -1.55. The highest BCUT2D eigenvalue weighted by Crippen LogP contribution is 2.20. The van der Waals surface area contributed by atoms with Gasteiger partial charge in [-0.3, -0.25) is 4.79 Å². The van der Waals surface area contributed by atoms with Gasteiger partial charge in [-0.25, -0.2) is 0 Å². The molecule has 0 spiro atoms. The molecule has 0 aliphatic carbocycles. The van der Waals surface area contributed by atoms with Crippen LogP contribution in [0.3, 0.4) is 0 Å². The van der Waals surface area contributed by atoms with Gasteiger partial charge in [0.2, 0.25) is 0 Å². The molecule has 18 heavy (non-hydrogen) atoms. The van der Waals surface area contributed by atoms with E-state index in [-0.39, 0.29) is 17.2 Å². The van der Waals surface area contributed by atoms with Crippen molar-refractivity contribution in [2.24, 2.45) is 0 Å². The number of phenols is 1. The summed E-state index contributed by atoms with van der Waals surface area (Å²) in [5.74, 6) is -0.181. The quantitative estimate of drug-likeness (QED) is 0.761. The second-order valence-electron chi connectivity index (χ2n) is 5.29. The van der Waals surface area contributed by atoms with Crippen molar-refractivity contribution in [3.8, 4) is 5.75 Å². The minimum Gasteiger partial charge on any atom is -0.507 e. The van der Waals surface area contributed by atoms with Gasteiger partial charge in [-0.2, -0.15) is 0 Å². The normalized spacial score (nSPS) is 23.0. The van der Waals surface area contributed by atoms with Crippen LogP contribution in [0, 0.1) is 6.92 Å². The Morgan fingerprint density at radius 1 is 1.56 bits per heavy atom. The monoisotopic (exact) mass is 248 g/mol. The first-order chi connectivity index (χ1) is 8.50. The molecule has 0 saturated carbocycles. The maximum atomic E-state index is 12.0. The highest BCUT2D eigenvalue weighted by Gasteiger charge is 2.28. The van der Waals surface area contributed by atoms with Crippen LogP contribution in [0.2, 0.25) is 0 Å². The minimum atomic E-state index is -0.220. The minimum absolute atomic E-state index is 0.0179. The smallest absolute Gasteiger partial charge is 0.255 e. The van der Waals surface area contributed by atoms with Crippen LogP contribution in [0.25, 0.3) is 0 Å². The lowest BCUT2D eigenvalue weighted by Crippen LogP contribution is -2.47. The summed E-state index contributed by atoms with van der Waals surface area (Å²) in [6.45, 7) is 5.57. The number of carbonyl (C=O) groups is 1. The molecule has 4 heteroatoms. The molecule has 1 aliphatic rings. The van der Waals surface area contributed by atoms with Crippen molar-refractivity contribution >= 4 is 5.91 Å². The summed E-state index contributed by atoms with van der Waals surface area (Å²) in [4.78, 5) is 12.0. The Balaban J connectivity index is 1.99. The largest absolute Gasteiger partial charge is 0.507 e. The second-order valence-corrected chi connectivity index (χ2v) is 5.29. The molecule has 1 saturated heterocycles. The van der Waals surface area contributed by atoms with Gasteiger partial charge in [0, 0.05) is 12.1 Å². The number of carbonyl (C=O) groups excluding carboxylic acids is 1. The molecular weight excluding hydrogens is 228 g/mol. The summed E-state index contributed by atoms with van der Waals surface area (Å²) in [6, 6.07) is 5.08. The van der Waals surface area contributed by atoms with Crippen molar-refractivity contribution < 1.29 is 9.90 Å². The van der Waals surface area contributed by atoms with Gasteiger partial charge in [-0.05, 0) is 50.9 Å². The van der Waals surface area contributed by atoms with Crippen LogP contribution in [0.5, 0.6) is 5.75 Å². The fourth-order valence-electron chi connectivity index (χ4n) is 2.31. The lowest BCUT2D eigenvalue weighted by atomic mass is 10.0. The average Bonchev–Trinajstić information content (AvgIpc) is 2.74. The third-order valence-corrected chi connectivity index (χ3v) is 3.49. The predicted octanol–water partition coefficient (Wildman–Crippen LogP) is 1.57. The summed E-state index contributed by atoms with van der Waals surface area (Å²) in [6.07, 6.45) is 2.20. The molecule has 0 bridgehead atoms. The van der Waals surface area contributed by atoms with E-state index in [0.29, 0.717) is 12.1 Å². The van der Waals surface area contributed by atoms with E-state index in [1.54, 1.807) is 12.1 Å². The molecule has 1 aromatic rings. The molecule has 1 aliphatic heterocycles. The number of hydrogen-bond acceptors (Lipinski definition) is 3. The van der Waals surface area contributed by atoms with Gasteiger partial charge in [-0.1, -0.05) is 6.07 Å². The lowest BCUT2D eigenvalue weighted by molar-refractivity contribution is 0.0940. The van der Waals surface area contributed by atoms with Crippen LogP contribution in [0.4, 0.5) is 0 Å². The molecule has 1 atom stereocenters. The molecule has 1 heterocycles. The number of phenolic OH excluding ortho intramolecular Hbond substituents is 1. The maximum absolute atomic E-state index is 12.0. The first-order valence-corrected chi connectivity index (χ1v) is 6.33. The van der Waals surface area contributed by atoms with Gasteiger partial charge < -0.3 is 15.7 Å². The number of aryl methyl sites for hydroxylation is 1. The van der Waals surface area contributed by atoms with Crippen molar-refractivity contribution in [1.29, 1.82) is 0 Å². The van der Waals surface area contributed by atoms with Gasteiger partial charge >= 0.3 is 0 Å². The van der Waals surface area contributed by atoms with Crippen molar-refractivity contribution in [2.45, 2.75) is 32.2 Å². The van der Waals surface area contributed by atoms with E-state index in [9.17, 15) is 9.90 Å². The van der Waals surface area contributed by atoms with Crippen molar-refractivity contribution in [1.82, 2.24) is 10.6 Å². The maximum Gasteiger partial charge on any atom is 0.255 e. The van der Waals surface area contributed by atoms with Gasteiger partial charge in [0.1, 0.15) is 5.75 Å². The molecule has 1 aromatic carbocycles. The van der Waals surface area contributed by atoms with E-state index in [2.05, 4.69) is 17.6 Å². The topological polar surface area (TPSA) is 61.4 Å². The van der Waals surface area contributed by atoms with Crippen LogP contribution in [0.1, 0.15) is 35.7 Å². The first-order valence-electron chi connectivity index (χ1n) is 6.33. The second kappa shape index (κ2) is 4.98. The van der Waals surface area contributed by atoms with E-state index in [1.807, 2.05) is 13.0 Å². The molecule has 98 valence electrons. The van der Waals surface area contributed by atoms with E-state index >= 15 is 0 Å². The fraction of sp³-hybridized carbons (Fsp3) is 0.500. The lowest BCUT2D eigenvalue weighted by Gasteiger charge is -2.24. The van der Waals surface area contributed by atoms with E-state index < -0.39 is 0 Å². The summed E-state index contributed by atoms with van der Waals surface area (Å²) in [5, 5.41) is 16.0. The highest BCUT2D eigenvalue weighted by atomic mass is 16.3. The standard InChI is InChI=1S/C14H20N2O2/c1-10-4-5-11(12(17)8-10)13(18)15-9-14(2)6-3-7-16-14/h4-5,8,16-17H,3,6-7,9H2,1-2H3,(H,15,18). The zero-order chi connectivity index (χ0) is 13.2. The summed E-state index contributed by atoms with van der Waals surface area (Å²) in [5.41, 5.74) is 1.26. The Labute approximate surface area is 107 Å². The molecule has 0 aromatic heterocycles. The predicted molar refractivity (Wildman–Crippen MR) is 70.8 cm³/mol. The van der Waals surface area contributed by atoms with Crippen LogP contribution in [-0.2, 0) is 0 Å². The summed E-state index contributed by atoms with van der Waals surface area (Å²) >= 11 is 0. The molecule has 0 radical (unpaired) electrons. The number of nitrogens with one attached hydrogen (secondary N) is 2. The fourth-order valence-corrected chi connectivity index (χ4v) is 2.31. The van der Waals surface area contributed by atoms with E-state index in [1.165, 1.54) is 0 Å². The number of rotatable bonds is 3. The first kappa shape index (κ1) is 12.9. The van der Waals surface area contributed by atoms with Crippen LogP contribution in [0.15, 0.2) is 18.2 Å². The Morgan fingerprint density at radius 3 is 2.94 bits per heavy atom. The summed E-state index contributed by atoms with van der Waals surface area (Å²) in [7, 11) is 0. The van der Waals surface area contributed by atoms with Gasteiger partial charge in [0.25, 0.3) is 5.91 Å². The number of aromatic hydroxyl groups is 1. The third-order valence-electron chi connectivity index (χ3n) is 3.49. The molecule has 4 nitrogen and oxygen atoms in total. The Morgan fingerprint density at radius 2 is 2.33 bits per heavy atom. The van der Waals surface area contributed by atoms with Crippen molar-refractivity contribution in [2.75, 3.05) is 13.1 Å². The van der Waals surface area contributed by atoms with Gasteiger partial charge in [0.15, 0.2) is 0 Å². The van der Waals surface area contributed by atoms with Gasteiger partial charge in [0.05, 0.1) is 5.56 Å². The molecule has 1 amide bonds. The molecule has 1 fully saturated rings. The molecule has 2 rings (SSSR count). The Bertz CT molecular complexity index is 451. The number of hydrogen-bond donors (Lipinski definition) is 3. The van der Waals surface area contributed by atoms with E-state index in [4.69, 9.17) is 0 Å². The van der Waals surface area contributed by atoms with Crippen LogP contribution >= 0.6 is 0 Å². The van der Waals surface area contributed by atoms with Crippen molar-refractivity contribution in [3.05, 3.63) is 29.3 Å². The SMILES string of the molecule is Cc1ccc(C(=O)NCC2(C)CCCN2)c(O)c1. The van der Waals surface area contributed by atoms with Crippen LogP contribution in [-0.4, -0.2) is 29.6 Å². The number of benzene rings is 1. The zero-order valence-corrected chi connectivity index (χ0v) is 10.9. The molecule has 1 unspecified atom stereocenters. The van der Waals surface area contributed by atoms with Gasteiger partial charge in [-0.15, -0.1) is 0 Å². The van der Waals surface area contributed by atoms with Crippen molar-refractivity contribution in [3.63, 3.8) is 0 Å². The summed E-state index contributed by atoms with van der Waals surface area (Å²) < 4.78 is 0.